The number of rotatable bonds is 9. The molecule has 0 atom stereocenters. The smallest absolute Gasteiger partial charge is 0.355 e. The largest absolute Gasteiger partial charge is 0.461 e. The minimum Gasteiger partial charge on any atom is -0.461 e. The van der Waals surface area contributed by atoms with Crippen molar-refractivity contribution in [1.29, 1.82) is 0 Å². The van der Waals surface area contributed by atoms with Crippen LogP contribution in [-0.2, 0) is 31.2 Å². The summed E-state index contributed by atoms with van der Waals surface area (Å²) in [6, 6.07) is 3.20. The SMILES string of the molecule is CCOC(=O)c1[nH]c(C=NCO)c(-c2ccc(CO)c(CO)c2CO)c1CO. The summed E-state index contributed by atoms with van der Waals surface area (Å²) in [5.41, 5.74) is 2.55. The topological polar surface area (TPSA) is 156 Å². The Hall–Kier alpha value is -2.56. The summed E-state index contributed by atoms with van der Waals surface area (Å²) in [7, 11) is 0. The van der Waals surface area contributed by atoms with E-state index in [0.29, 0.717) is 33.5 Å². The van der Waals surface area contributed by atoms with Gasteiger partial charge in [-0.05, 0) is 29.2 Å². The fourth-order valence-corrected chi connectivity index (χ4v) is 3.13. The van der Waals surface area contributed by atoms with Crippen molar-refractivity contribution < 1.29 is 35.1 Å². The highest BCUT2D eigenvalue weighted by atomic mass is 16.5. The Morgan fingerprint density at radius 2 is 1.71 bits per heavy atom. The molecule has 0 aliphatic carbocycles. The Morgan fingerprint density at radius 3 is 2.25 bits per heavy atom. The molecule has 9 heteroatoms. The minimum atomic E-state index is -0.670. The van der Waals surface area contributed by atoms with Crippen LogP contribution in [0.3, 0.4) is 0 Å². The van der Waals surface area contributed by atoms with Crippen LogP contribution in [0, 0.1) is 0 Å². The zero-order valence-electron chi connectivity index (χ0n) is 15.5. The van der Waals surface area contributed by atoms with Gasteiger partial charge in [-0.3, -0.25) is 4.99 Å². The fourth-order valence-electron chi connectivity index (χ4n) is 3.13. The first-order valence-corrected chi connectivity index (χ1v) is 8.67. The Morgan fingerprint density at radius 1 is 1.04 bits per heavy atom. The monoisotopic (exact) mass is 392 g/mol. The van der Waals surface area contributed by atoms with Gasteiger partial charge in [0, 0.05) is 17.3 Å². The molecule has 0 saturated carbocycles. The summed E-state index contributed by atoms with van der Waals surface area (Å²) in [4.78, 5) is 18.9. The molecule has 0 saturated heterocycles. The molecule has 6 N–H and O–H groups in total. The van der Waals surface area contributed by atoms with Gasteiger partial charge in [0.15, 0.2) is 0 Å². The Balaban J connectivity index is 2.83. The summed E-state index contributed by atoms with van der Waals surface area (Å²) in [5.74, 6) is -0.670. The highest BCUT2D eigenvalue weighted by Gasteiger charge is 2.25. The first-order chi connectivity index (χ1) is 13.6. The number of nitrogens with zero attached hydrogens (tertiary/aromatic N) is 1. The fraction of sp³-hybridized carbons (Fsp3) is 0.368. The molecule has 0 spiro atoms. The first-order valence-electron chi connectivity index (χ1n) is 8.67. The predicted octanol–water partition coefficient (Wildman–Crippen LogP) is 0.196. The average Bonchev–Trinajstić information content (AvgIpc) is 3.09. The number of ether oxygens (including phenoxy) is 1. The van der Waals surface area contributed by atoms with E-state index in [4.69, 9.17) is 9.84 Å². The van der Waals surface area contributed by atoms with Crippen LogP contribution in [0.25, 0.3) is 11.1 Å². The van der Waals surface area contributed by atoms with Crippen molar-refractivity contribution in [2.24, 2.45) is 4.99 Å². The lowest BCUT2D eigenvalue weighted by Crippen LogP contribution is -2.08. The molecule has 0 aliphatic rings. The average molecular weight is 392 g/mol. The van der Waals surface area contributed by atoms with Gasteiger partial charge in [-0.15, -0.1) is 0 Å². The van der Waals surface area contributed by atoms with Gasteiger partial charge in [-0.1, -0.05) is 12.1 Å². The molecule has 2 rings (SSSR count). The van der Waals surface area contributed by atoms with Gasteiger partial charge < -0.3 is 35.3 Å². The van der Waals surface area contributed by atoms with Crippen molar-refractivity contribution in [1.82, 2.24) is 4.98 Å². The maximum atomic E-state index is 12.3. The van der Waals surface area contributed by atoms with Gasteiger partial charge in [0.2, 0.25) is 0 Å². The van der Waals surface area contributed by atoms with Crippen LogP contribution < -0.4 is 0 Å². The number of aliphatic hydroxyl groups excluding tert-OH is 5. The molecule has 1 aromatic carbocycles. The van der Waals surface area contributed by atoms with Gasteiger partial charge in [0.25, 0.3) is 0 Å². The summed E-state index contributed by atoms with van der Waals surface area (Å²) >= 11 is 0. The van der Waals surface area contributed by atoms with E-state index in [1.807, 2.05) is 0 Å². The van der Waals surface area contributed by atoms with E-state index in [0.717, 1.165) is 0 Å². The van der Waals surface area contributed by atoms with E-state index in [1.54, 1.807) is 19.1 Å². The second kappa shape index (κ2) is 10.1. The van der Waals surface area contributed by atoms with Crippen molar-refractivity contribution in [2.45, 2.75) is 33.4 Å². The molecule has 0 amide bonds. The van der Waals surface area contributed by atoms with Crippen LogP contribution >= 0.6 is 0 Å². The zero-order chi connectivity index (χ0) is 20.7. The normalized spacial score (nSPS) is 11.4. The number of nitrogens with one attached hydrogen (secondary N) is 1. The number of aliphatic imine (C=N–C) groups is 1. The van der Waals surface area contributed by atoms with Crippen molar-refractivity contribution >= 4 is 12.2 Å². The number of aliphatic hydroxyl groups is 5. The number of carbonyl (C=O) groups excluding carboxylic acids is 1. The molecule has 152 valence electrons. The third-order valence-electron chi connectivity index (χ3n) is 4.36. The quantitative estimate of drug-likeness (QED) is 0.263. The number of carbonyl (C=O) groups is 1. The van der Waals surface area contributed by atoms with E-state index < -0.39 is 32.5 Å². The third-order valence-corrected chi connectivity index (χ3v) is 4.36. The van der Waals surface area contributed by atoms with Gasteiger partial charge in [0.05, 0.1) is 38.7 Å². The summed E-state index contributed by atoms with van der Waals surface area (Å²) < 4.78 is 5.02. The van der Waals surface area contributed by atoms with Crippen LogP contribution in [0.5, 0.6) is 0 Å². The first kappa shape index (κ1) is 21.7. The van der Waals surface area contributed by atoms with Crippen LogP contribution in [0.2, 0.25) is 0 Å². The van der Waals surface area contributed by atoms with Gasteiger partial charge in [-0.25, -0.2) is 4.79 Å². The number of H-pyrrole nitrogens is 1. The lowest BCUT2D eigenvalue weighted by molar-refractivity contribution is 0.0516. The number of esters is 1. The van der Waals surface area contributed by atoms with E-state index in [1.165, 1.54) is 6.21 Å². The second-order valence-electron chi connectivity index (χ2n) is 5.80. The maximum Gasteiger partial charge on any atom is 0.355 e. The van der Waals surface area contributed by atoms with E-state index in [2.05, 4.69) is 9.98 Å². The van der Waals surface area contributed by atoms with Crippen LogP contribution in [0.15, 0.2) is 17.1 Å². The molecule has 2 aromatic rings. The number of hydrogen-bond donors (Lipinski definition) is 6. The number of hydrogen-bond acceptors (Lipinski definition) is 8. The van der Waals surface area contributed by atoms with E-state index >= 15 is 0 Å². The van der Waals surface area contributed by atoms with E-state index in [-0.39, 0.29) is 24.5 Å². The summed E-state index contributed by atoms with van der Waals surface area (Å²) in [6.07, 6.45) is 1.30. The molecule has 9 nitrogen and oxygen atoms in total. The minimum absolute atomic E-state index is 0.0272. The van der Waals surface area contributed by atoms with Crippen molar-refractivity contribution in [3.8, 4) is 11.1 Å². The summed E-state index contributed by atoms with van der Waals surface area (Å²) in [5, 5.41) is 48.1. The molecule has 0 unspecified atom stereocenters. The maximum absolute atomic E-state index is 12.3. The molecule has 28 heavy (non-hydrogen) atoms. The van der Waals surface area contributed by atoms with Crippen LogP contribution in [-0.4, -0.2) is 56.0 Å². The Kier molecular flexibility index (Phi) is 7.85. The van der Waals surface area contributed by atoms with Crippen molar-refractivity contribution in [3.05, 3.63) is 45.8 Å². The third kappa shape index (κ3) is 4.13. The van der Waals surface area contributed by atoms with E-state index in [9.17, 15) is 25.2 Å². The highest BCUT2D eigenvalue weighted by Crippen LogP contribution is 2.35. The predicted molar refractivity (Wildman–Crippen MR) is 101 cm³/mol. The van der Waals surface area contributed by atoms with Gasteiger partial charge >= 0.3 is 5.97 Å². The number of benzene rings is 1. The molecule has 1 heterocycles. The molecule has 1 aromatic heterocycles. The number of aromatic amines is 1. The zero-order valence-corrected chi connectivity index (χ0v) is 15.5. The van der Waals surface area contributed by atoms with Crippen LogP contribution in [0.4, 0.5) is 0 Å². The van der Waals surface area contributed by atoms with Gasteiger partial charge in [-0.2, -0.15) is 0 Å². The molecule has 0 fully saturated rings. The Labute approximate surface area is 161 Å². The number of aromatic nitrogens is 1. The van der Waals surface area contributed by atoms with Crippen LogP contribution in [0.1, 0.15) is 45.4 Å². The molecule has 0 radical (unpaired) electrons. The lowest BCUT2D eigenvalue weighted by atomic mass is 9.90. The summed E-state index contributed by atoms with van der Waals surface area (Å²) in [6.45, 7) is -0.382. The molecular weight excluding hydrogens is 368 g/mol. The van der Waals surface area contributed by atoms with Crippen molar-refractivity contribution in [2.75, 3.05) is 13.3 Å². The van der Waals surface area contributed by atoms with Gasteiger partial charge in [0.1, 0.15) is 12.4 Å². The highest BCUT2D eigenvalue weighted by molar-refractivity contribution is 5.99. The lowest BCUT2D eigenvalue weighted by Gasteiger charge is -2.16. The molecule has 0 bridgehead atoms. The molecular formula is C19H24N2O7. The Bertz CT molecular complexity index is 858. The standard InChI is InChI=1S/C19H24N2O7/c1-2-28-19(27)18-15(9-25)17(16(21-18)5-20-10-26)12-4-3-11(6-22)13(7-23)14(12)8-24/h3-5,21-26H,2,6-10H2,1H3. The van der Waals surface area contributed by atoms with Crippen molar-refractivity contribution in [3.63, 3.8) is 0 Å². The second-order valence-corrected chi connectivity index (χ2v) is 5.80. The molecule has 0 aliphatic heterocycles.